The number of hydrogen-bond acceptors (Lipinski definition) is 4. The van der Waals surface area contributed by atoms with Crippen molar-refractivity contribution in [3.63, 3.8) is 0 Å². The monoisotopic (exact) mass is 485 g/mol. The molecule has 4 atom stereocenters. The van der Waals surface area contributed by atoms with Crippen molar-refractivity contribution < 1.29 is 19.1 Å². The zero-order valence-corrected chi connectivity index (χ0v) is 20.1. The van der Waals surface area contributed by atoms with E-state index in [1.54, 1.807) is 6.07 Å². The summed E-state index contributed by atoms with van der Waals surface area (Å²) in [5.74, 6) is -3.38. The van der Waals surface area contributed by atoms with Gasteiger partial charge >= 0.3 is 5.97 Å². The van der Waals surface area contributed by atoms with Crippen molar-refractivity contribution in [2.45, 2.75) is 12.8 Å². The second-order valence-corrected chi connectivity index (χ2v) is 9.97. The predicted octanol–water partition coefficient (Wildman–Crippen LogP) is 5.67. The van der Waals surface area contributed by atoms with Crippen LogP contribution in [-0.4, -0.2) is 17.8 Å². The Morgan fingerprint density at radius 2 is 1.43 bits per heavy atom. The topological polar surface area (TPSA) is 63.7 Å². The number of anilines is 1. The van der Waals surface area contributed by atoms with Gasteiger partial charge in [-0.05, 0) is 46.5 Å². The fourth-order valence-electron chi connectivity index (χ4n) is 6.38. The van der Waals surface area contributed by atoms with Crippen LogP contribution in [0.25, 0.3) is 16.3 Å². The zero-order chi connectivity index (χ0) is 25.3. The number of amides is 2. The van der Waals surface area contributed by atoms with Gasteiger partial charge in [-0.2, -0.15) is 0 Å². The number of fused-ring (bicyclic) bond motifs is 7. The molecule has 2 amide bonds. The van der Waals surface area contributed by atoms with Gasteiger partial charge in [0.1, 0.15) is 5.75 Å². The molecule has 3 aliphatic rings. The number of carbonyl (C=O) groups is 3. The van der Waals surface area contributed by atoms with Crippen LogP contribution in [-0.2, 0) is 14.4 Å². The molecule has 4 aromatic carbocycles. The van der Waals surface area contributed by atoms with Crippen molar-refractivity contribution in [2.24, 2.45) is 17.8 Å². The van der Waals surface area contributed by atoms with E-state index >= 15 is 0 Å². The number of hydrogen-bond donors (Lipinski definition) is 0. The van der Waals surface area contributed by atoms with Crippen molar-refractivity contribution in [1.82, 2.24) is 0 Å². The summed E-state index contributed by atoms with van der Waals surface area (Å²) in [7, 11) is 0. The van der Waals surface area contributed by atoms with E-state index < -0.39 is 23.7 Å². The van der Waals surface area contributed by atoms with E-state index in [0.29, 0.717) is 11.4 Å². The smallest absolute Gasteiger partial charge is 0.319 e. The molecular weight excluding hydrogens is 462 g/mol. The number of nitrogens with zero attached hydrogens (tertiary/aromatic N) is 1. The Labute approximate surface area is 214 Å². The molecule has 0 aromatic heterocycles. The number of esters is 1. The standard InChI is InChI=1S/C32H23NO4/c1-18-9-5-8-14-24(18)33-30(34)27-22(19-10-3-2-4-11-19)17-23-26-21-13-7-6-12-20(21)15-16-25(26)37-32(36)28(23)29(27)31(33)35/h2-17,22,27-29H,1H3/t22-,27+,28+,29-/m0/s1. The zero-order valence-electron chi connectivity index (χ0n) is 20.1. The van der Waals surface area contributed by atoms with Gasteiger partial charge in [-0.15, -0.1) is 0 Å². The molecule has 0 bridgehead atoms. The summed E-state index contributed by atoms with van der Waals surface area (Å²) in [5, 5.41) is 1.98. The third kappa shape index (κ3) is 3.07. The fraction of sp³-hybridized carbons (Fsp3) is 0.156. The van der Waals surface area contributed by atoms with Gasteiger partial charge in [0, 0.05) is 11.5 Å². The third-order valence-electron chi connectivity index (χ3n) is 8.02. The lowest BCUT2D eigenvalue weighted by atomic mass is 9.64. The van der Waals surface area contributed by atoms with Crippen LogP contribution in [0.5, 0.6) is 5.75 Å². The average Bonchev–Trinajstić information content (AvgIpc) is 3.18. The third-order valence-corrected chi connectivity index (χ3v) is 8.02. The fourth-order valence-corrected chi connectivity index (χ4v) is 6.38. The Balaban J connectivity index is 1.48. The summed E-state index contributed by atoms with van der Waals surface area (Å²) in [4.78, 5) is 43.0. The first kappa shape index (κ1) is 21.7. The van der Waals surface area contributed by atoms with Crippen LogP contribution < -0.4 is 9.64 Å². The summed E-state index contributed by atoms with van der Waals surface area (Å²) in [6.07, 6.45) is 2.04. The van der Waals surface area contributed by atoms with Gasteiger partial charge in [0.2, 0.25) is 11.8 Å². The van der Waals surface area contributed by atoms with Crippen LogP contribution in [0.4, 0.5) is 5.69 Å². The molecular formula is C32H23NO4. The first-order chi connectivity index (χ1) is 18.0. The lowest BCUT2D eigenvalue weighted by molar-refractivity contribution is -0.142. The van der Waals surface area contributed by atoms with Crippen LogP contribution in [0, 0.1) is 24.7 Å². The molecule has 0 N–H and O–H groups in total. The van der Waals surface area contributed by atoms with Gasteiger partial charge < -0.3 is 4.74 Å². The average molecular weight is 486 g/mol. The minimum atomic E-state index is -0.853. The van der Waals surface area contributed by atoms with Crippen molar-refractivity contribution in [1.29, 1.82) is 0 Å². The highest BCUT2D eigenvalue weighted by molar-refractivity contribution is 6.25. The van der Waals surface area contributed by atoms with E-state index in [1.807, 2.05) is 97.9 Å². The number of carbonyl (C=O) groups excluding carboxylic acids is 3. The molecule has 2 heterocycles. The number of allylic oxidation sites excluding steroid dienone is 1. The molecule has 5 nitrogen and oxygen atoms in total. The molecule has 180 valence electrons. The number of ether oxygens (including phenoxy) is 1. The Morgan fingerprint density at radius 3 is 2.24 bits per heavy atom. The molecule has 1 aliphatic carbocycles. The largest absolute Gasteiger partial charge is 0.425 e. The Bertz CT molecular complexity index is 1650. The lowest BCUT2D eigenvalue weighted by Crippen LogP contribution is -2.42. The summed E-state index contributed by atoms with van der Waals surface area (Å²) >= 11 is 0. The van der Waals surface area contributed by atoms with Crippen molar-refractivity contribution in [3.05, 3.63) is 114 Å². The molecule has 1 saturated heterocycles. The predicted molar refractivity (Wildman–Crippen MR) is 141 cm³/mol. The normalized spacial score (nSPS) is 24.3. The van der Waals surface area contributed by atoms with Gasteiger partial charge in [0.05, 0.1) is 23.4 Å². The van der Waals surface area contributed by atoms with E-state index in [1.165, 1.54) is 4.90 Å². The van der Waals surface area contributed by atoms with Gasteiger partial charge in [-0.25, -0.2) is 4.90 Å². The minimum absolute atomic E-state index is 0.273. The molecule has 0 radical (unpaired) electrons. The minimum Gasteiger partial charge on any atom is -0.425 e. The number of benzene rings is 4. The SMILES string of the molecule is Cc1ccccc1N1C(=O)[C@@H]2[C@@H]3C(=O)Oc4ccc5ccccc5c4C3=C[C@@H](c3ccccc3)[C@H]2C1=O. The van der Waals surface area contributed by atoms with E-state index in [4.69, 9.17) is 4.74 Å². The number of aryl methyl sites for hydroxylation is 1. The van der Waals surface area contributed by atoms with Gasteiger partial charge in [0.15, 0.2) is 0 Å². The lowest BCUT2D eigenvalue weighted by Gasteiger charge is -2.38. The second kappa shape index (κ2) is 8.00. The van der Waals surface area contributed by atoms with E-state index in [9.17, 15) is 14.4 Å². The molecule has 5 heteroatoms. The van der Waals surface area contributed by atoms with Crippen LogP contribution in [0.2, 0.25) is 0 Å². The summed E-state index contributed by atoms with van der Waals surface area (Å²) < 4.78 is 5.85. The van der Waals surface area contributed by atoms with Crippen LogP contribution in [0.3, 0.4) is 0 Å². The van der Waals surface area contributed by atoms with Crippen LogP contribution in [0.15, 0.2) is 97.1 Å². The molecule has 0 unspecified atom stereocenters. The second-order valence-electron chi connectivity index (χ2n) is 9.97. The quantitative estimate of drug-likeness (QED) is 0.209. The van der Waals surface area contributed by atoms with E-state index in [0.717, 1.165) is 33.0 Å². The van der Waals surface area contributed by atoms with Crippen molar-refractivity contribution >= 4 is 39.8 Å². The van der Waals surface area contributed by atoms with Crippen molar-refractivity contribution in [3.8, 4) is 5.75 Å². The van der Waals surface area contributed by atoms with Gasteiger partial charge in [0.25, 0.3) is 0 Å². The molecule has 7 rings (SSSR count). The number of imide groups is 1. The Kier molecular flexibility index (Phi) is 4.70. The molecule has 2 aliphatic heterocycles. The van der Waals surface area contributed by atoms with Gasteiger partial charge in [-0.3, -0.25) is 14.4 Å². The highest BCUT2D eigenvalue weighted by Gasteiger charge is 2.60. The van der Waals surface area contributed by atoms with Crippen LogP contribution >= 0.6 is 0 Å². The summed E-state index contributed by atoms with van der Waals surface area (Å²) in [6.45, 7) is 1.88. The first-order valence-corrected chi connectivity index (χ1v) is 12.5. The maximum absolute atomic E-state index is 14.1. The number of para-hydroxylation sites is 1. The highest BCUT2D eigenvalue weighted by Crippen LogP contribution is 2.55. The maximum Gasteiger partial charge on any atom is 0.319 e. The molecule has 0 saturated carbocycles. The Morgan fingerprint density at radius 1 is 0.730 bits per heavy atom. The van der Waals surface area contributed by atoms with Gasteiger partial charge in [-0.1, -0.05) is 84.9 Å². The van der Waals surface area contributed by atoms with E-state index in [2.05, 4.69) is 0 Å². The molecule has 0 spiro atoms. The molecule has 37 heavy (non-hydrogen) atoms. The first-order valence-electron chi connectivity index (χ1n) is 12.5. The maximum atomic E-state index is 14.1. The summed E-state index contributed by atoms with van der Waals surface area (Å²) in [5.41, 5.74) is 3.93. The van der Waals surface area contributed by atoms with Crippen molar-refractivity contribution in [2.75, 3.05) is 4.90 Å². The highest BCUT2D eigenvalue weighted by atomic mass is 16.5. The van der Waals surface area contributed by atoms with E-state index in [-0.39, 0.29) is 17.7 Å². The summed E-state index contributed by atoms with van der Waals surface area (Å²) in [6, 6.07) is 28.9. The molecule has 1 fully saturated rings. The van der Waals surface area contributed by atoms with Crippen LogP contribution in [0.1, 0.15) is 22.6 Å². The Hall–Kier alpha value is -4.51. The molecule has 4 aromatic rings. The number of rotatable bonds is 2.